The molecule has 0 amide bonds. The van der Waals surface area contributed by atoms with E-state index in [1.807, 2.05) is 4.68 Å². The highest BCUT2D eigenvalue weighted by molar-refractivity contribution is 5.88. The zero-order valence-electron chi connectivity index (χ0n) is 9.65. The number of rotatable bonds is 6. The van der Waals surface area contributed by atoms with Gasteiger partial charge in [0.2, 0.25) is 0 Å². The summed E-state index contributed by atoms with van der Waals surface area (Å²) in [6.45, 7) is 3.36. The second kappa shape index (κ2) is 4.33. The molecule has 1 aromatic heterocycles. The number of aromatic nitrogens is 3. The molecule has 0 spiro atoms. The van der Waals surface area contributed by atoms with E-state index >= 15 is 0 Å². The predicted octanol–water partition coefficient (Wildman–Crippen LogP) is 0.539. The third kappa shape index (κ3) is 2.00. The molecule has 1 saturated carbocycles. The molecule has 0 radical (unpaired) electrons. The third-order valence-electron chi connectivity index (χ3n) is 3.29. The normalized spacial score (nSPS) is 17.4. The van der Waals surface area contributed by atoms with Gasteiger partial charge in [-0.15, -0.1) is 0 Å². The molecule has 1 aliphatic rings. The van der Waals surface area contributed by atoms with Crippen molar-refractivity contribution in [1.29, 1.82) is 0 Å². The van der Waals surface area contributed by atoms with E-state index in [4.69, 9.17) is 5.73 Å². The number of nitrogens with zero attached hydrogens (tertiary/aromatic N) is 3. The second-order valence-electron chi connectivity index (χ2n) is 4.48. The average molecular weight is 222 g/mol. The van der Waals surface area contributed by atoms with Crippen molar-refractivity contribution in [2.75, 3.05) is 6.54 Å². The van der Waals surface area contributed by atoms with Gasteiger partial charge in [-0.2, -0.15) is 5.10 Å². The first-order chi connectivity index (χ1) is 7.72. The van der Waals surface area contributed by atoms with Gasteiger partial charge in [0.05, 0.1) is 6.42 Å². The van der Waals surface area contributed by atoms with Crippen LogP contribution in [0.1, 0.15) is 32.0 Å². The minimum Gasteiger partial charge on any atom is -0.329 e. The maximum Gasteiger partial charge on any atom is 0.147 e. The Hall–Kier alpha value is -1.23. The molecule has 0 saturated heterocycles. The van der Waals surface area contributed by atoms with E-state index < -0.39 is 0 Å². The number of carbonyl (C=O) groups excluding carboxylic acids is 1. The van der Waals surface area contributed by atoms with E-state index in [0.29, 0.717) is 13.0 Å². The summed E-state index contributed by atoms with van der Waals surface area (Å²) in [7, 11) is 0. The van der Waals surface area contributed by atoms with Gasteiger partial charge >= 0.3 is 0 Å². The Morgan fingerprint density at radius 3 is 2.94 bits per heavy atom. The van der Waals surface area contributed by atoms with Crippen LogP contribution in [0.3, 0.4) is 0 Å². The lowest BCUT2D eigenvalue weighted by Crippen LogP contribution is -2.27. The fourth-order valence-corrected chi connectivity index (χ4v) is 1.90. The first-order valence-corrected chi connectivity index (χ1v) is 5.82. The monoisotopic (exact) mass is 222 g/mol. The van der Waals surface area contributed by atoms with Gasteiger partial charge in [-0.1, -0.05) is 6.92 Å². The van der Waals surface area contributed by atoms with Gasteiger partial charge in [0, 0.05) is 18.5 Å². The molecule has 1 aromatic rings. The smallest absolute Gasteiger partial charge is 0.147 e. The topological polar surface area (TPSA) is 73.8 Å². The van der Waals surface area contributed by atoms with Crippen LogP contribution in [0.15, 0.2) is 6.33 Å². The standard InChI is InChI=1S/C11H18N4O/c1-2-5-15-10(13-8-14-15)6-9(16)11(7-12)3-4-11/h8H,2-7,12H2,1H3. The van der Waals surface area contributed by atoms with Crippen LogP contribution in [0.2, 0.25) is 0 Å². The molecule has 16 heavy (non-hydrogen) atoms. The van der Waals surface area contributed by atoms with E-state index in [9.17, 15) is 4.79 Å². The number of nitrogens with two attached hydrogens (primary N) is 1. The van der Waals surface area contributed by atoms with Crippen LogP contribution >= 0.6 is 0 Å². The van der Waals surface area contributed by atoms with Gasteiger partial charge < -0.3 is 5.73 Å². The van der Waals surface area contributed by atoms with Crippen LogP contribution in [0.4, 0.5) is 0 Å². The minimum absolute atomic E-state index is 0.223. The van der Waals surface area contributed by atoms with Crippen molar-refractivity contribution in [3.63, 3.8) is 0 Å². The number of Topliss-reactive ketones (excluding diaryl/α,β-unsaturated/α-hetero) is 1. The number of aryl methyl sites for hydroxylation is 1. The van der Waals surface area contributed by atoms with Crippen molar-refractivity contribution in [3.8, 4) is 0 Å². The van der Waals surface area contributed by atoms with E-state index in [-0.39, 0.29) is 11.2 Å². The Bertz CT molecular complexity index is 381. The van der Waals surface area contributed by atoms with E-state index in [2.05, 4.69) is 17.0 Å². The molecule has 0 aromatic carbocycles. The molecule has 5 nitrogen and oxygen atoms in total. The van der Waals surface area contributed by atoms with Crippen LogP contribution in [0, 0.1) is 5.41 Å². The van der Waals surface area contributed by atoms with Gasteiger partial charge in [-0.25, -0.2) is 9.67 Å². The lowest BCUT2D eigenvalue weighted by Gasteiger charge is -2.10. The van der Waals surface area contributed by atoms with Crippen molar-refractivity contribution in [3.05, 3.63) is 12.2 Å². The largest absolute Gasteiger partial charge is 0.329 e. The number of hydrogen-bond acceptors (Lipinski definition) is 4. The average Bonchev–Trinajstić information content (AvgIpc) is 2.98. The van der Waals surface area contributed by atoms with Gasteiger partial charge in [0.1, 0.15) is 17.9 Å². The summed E-state index contributed by atoms with van der Waals surface area (Å²) in [4.78, 5) is 16.2. The number of carbonyl (C=O) groups is 1. The summed E-state index contributed by atoms with van der Waals surface area (Å²) in [5.41, 5.74) is 5.40. The van der Waals surface area contributed by atoms with Gasteiger partial charge in [-0.3, -0.25) is 4.79 Å². The van der Waals surface area contributed by atoms with Crippen LogP contribution in [-0.2, 0) is 17.8 Å². The van der Waals surface area contributed by atoms with Crippen LogP contribution in [0.25, 0.3) is 0 Å². The Morgan fingerprint density at radius 2 is 2.38 bits per heavy atom. The summed E-state index contributed by atoms with van der Waals surface area (Å²) in [6.07, 6.45) is 4.75. The molecule has 0 aliphatic heterocycles. The zero-order valence-corrected chi connectivity index (χ0v) is 9.65. The quantitative estimate of drug-likeness (QED) is 0.762. The van der Waals surface area contributed by atoms with E-state index in [0.717, 1.165) is 31.6 Å². The fraction of sp³-hybridized carbons (Fsp3) is 0.727. The van der Waals surface area contributed by atoms with Crippen LogP contribution < -0.4 is 5.73 Å². The third-order valence-corrected chi connectivity index (χ3v) is 3.29. The van der Waals surface area contributed by atoms with Crippen molar-refractivity contribution < 1.29 is 4.79 Å². The van der Waals surface area contributed by atoms with Crippen molar-refractivity contribution in [2.45, 2.75) is 39.2 Å². The van der Waals surface area contributed by atoms with Gasteiger partial charge in [-0.05, 0) is 19.3 Å². The molecule has 5 heteroatoms. The molecule has 2 rings (SSSR count). The van der Waals surface area contributed by atoms with Crippen molar-refractivity contribution in [2.24, 2.45) is 11.1 Å². The SMILES string of the molecule is CCCn1ncnc1CC(=O)C1(CN)CC1. The molecule has 1 fully saturated rings. The summed E-state index contributed by atoms with van der Waals surface area (Å²) in [6, 6.07) is 0. The molecule has 1 heterocycles. The molecule has 88 valence electrons. The first kappa shape index (κ1) is 11.3. The molecular formula is C11H18N4O. The highest BCUT2D eigenvalue weighted by Gasteiger charge is 2.48. The maximum atomic E-state index is 12.0. The summed E-state index contributed by atoms with van der Waals surface area (Å²) >= 11 is 0. The number of hydrogen-bond donors (Lipinski definition) is 1. The van der Waals surface area contributed by atoms with Crippen molar-refractivity contribution in [1.82, 2.24) is 14.8 Å². The summed E-state index contributed by atoms with van der Waals surface area (Å²) < 4.78 is 1.81. The maximum absolute atomic E-state index is 12.0. The highest BCUT2D eigenvalue weighted by Crippen LogP contribution is 2.45. The highest BCUT2D eigenvalue weighted by atomic mass is 16.1. The Kier molecular flexibility index (Phi) is 3.05. The lowest BCUT2D eigenvalue weighted by atomic mass is 9.98. The lowest BCUT2D eigenvalue weighted by molar-refractivity contribution is -0.123. The molecular weight excluding hydrogens is 204 g/mol. The molecule has 0 unspecified atom stereocenters. The molecule has 0 bridgehead atoms. The summed E-state index contributed by atoms with van der Waals surface area (Å²) in [5, 5.41) is 4.11. The van der Waals surface area contributed by atoms with Crippen LogP contribution in [0.5, 0.6) is 0 Å². The fourth-order valence-electron chi connectivity index (χ4n) is 1.90. The second-order valence-corrected chi connectivity index (χ2v) is 4.48. The Morgan fingerprint density at radius 1 is 1.62 bits per heavy atom. The summed E-state index contributed by atoms with van der Waals surface area (Å²) in [5.74, 6) is 0.993. The first-order valence-electron chi connectivity index (χ1n) is 5.82. The minimum atomic E-state index is -0.233. The van der Waals surface area contributed by atoms with E-state index in [1.54, 1.807) is 0 Å². The Balaban J connectivity index is 2.03. The molecule has 2 N–H and O–H groups in total. The van der Waals surface area contributed by atoms with Crippen LogP contribution in [-0.4, -0.2) is 27.1 Å². The predicted molar refractivity (Wildman–Crippen MR) is 59.7 cm³/mol. The zero-order chi connectivity index (χ0) is 11.6. The van der Waals surface area contributed by atoms with Gasteiger partial charge in [0.15, 0.2) is 0 Å². The van der Waals surface area contributed by atoms with E-state index in [1.165, 1.54) is 6.33 Å². The Labute approximate surface area is 95.0 Å². The molecule has 1 aliphatic carbocycles. The molecule has 0 atom stereocenters. The van der Waals surface area contributed by atoms with Gasteiger partial charge in [0.25, 0.3) is 0 Å². The number of ketones is 1. The van der Waals surface area contributed by atoms with Crippen molar-refractivity contribution >= 4 is 5.78 Å².